The van der Waals surface area contributed by atoms with Crippen molar-refractivity contribution >= 4 is 15.9 Å². The lowest BCUT2D eigenvalue weighted by Gasteiger charge is -2.21. The third-order valence-corrected chi connectivity index (χ3v) is 4.21. The van der Waals surface area contributed by atoms with Gasteiger partial charge in [0.1, 0.15) is 6.79 Å². The van der Waals surface area contributed by atoms with Crippen LogP contribution in [0.4, 0.5) is 0 Å². The maximum Gasteiger partial charge on any atom is 0.146 e. The van der Waals surface area contributed by atoms with E-state index in [1.165, 1.54) is 25.7 Å². The lowest BCUT2D eigenvalue weighted by atomic mass is 9.86. The molecule has 0 N–H and O–H groups in total. The first-order chi connectivity index (χ1) is 9.95. The van der Waals surface area contributed by atoms with Crippen LogP contribution in [-0.2, 0) is 9.47 Å². The van der Waals surface area contributed by atoms with Gasteiger partial charge in [-0.15, -0.1) is 0 Å². The molecule has 21 heavy (non-hydrogen) atoms. The zero-order valence-electron chi connectivity index (χ0n) is 14.9. The van der Waals surface area contributed by atoms with Gasteiger partial charge in [-0.05, 0) is 56.3 Å². The lowest BCUT2D eigenvalue weighted by Crippen LogP contribution is -2.11. The van der Waals surface area contributed by atoms with E-state index in [0.717, 1.165) is 43.8 Å². The molecule has 0 aliphatic rings. The van der Waals surface area contributed by atoms with Gasteiger partial charge in [0.15, 0.2) is 0 Å². The van der Waals surface area contributed by atoms with Gasteiger partial charge in [-0.2, -0.15) is 0 Å². The maximum atomic E-state index is 5.47. The van der Waals surface area contributed by atoms with Crippen LogP contribution in [0.25, 0.3) is 0 Å². The topological polar surface area (TPSA) is 18.5 Å². The molecule has 4 atom stereocenters. The minimum absolute atomic E-state index is 0.459. The summed E-state index contributed by atoms with van der Waals surface area (Å²) < 4.78 is 10.8. The van der Waals surface area contributed by atoms with Crippen LogP contribution in [0.3, 0.4) is 0 Å². The van der Waals surface area contributed by atoms with Gasteiger partial charge in [0.05, 0.1) is 0 Å². The summed E-state index contributed by atoms with van der Waals surface area (Å²) >= 11 is 3.66. The Bertz CT molecular complexity index is 221. The highest BCUT2D eigenvalue weighted by atomic mass is 79.9. The van der Waals surface area contributed by atoms with Crippen LogP contribution in [0.15, 0.2) is 0 Å². The monoisotopic (exact) mass is 364 g/mol. The smallest absolute Gasteiger partial charge is 0.146 e. The summed E-state index contributed by atoms with van der Waals surface area (Å²) in [6, 6.07) is 0. The van der Waals surface area contributed by atoms with Crippen LogP contribution in [-0.4, -0.2) is 24.8 Å². The van der Waals surface area contributed by atoms with Crippen molar-refractivity contribution in [2.45, 2.75) is 78.0 Å². The quantitative estimate of drug-likeness (QED) is 0.213. The third kappa shape index (κ3) is 15.1. The summed E-state index contributed by atoms with van der Waals surface area (Å²) in [6.07, 6.45) is 7.45. The molecule has 0 aromatic heterocycles. The molecule has 0 bridgehead atoms. The Labute approximate surface area is 141 Å². The van der Waals surface area contributed by atoms with Gasteiger partial charge in [0.2, 0.25) is 0 Å². The van der Waals surface area contributed by atoms with E-state index in [0.29, 0.717) is 11.6 Å². The van der Waals surface area contributed by atoms with E-state index in [2.05, 4.69) is 50.5 Å². The average molecular weight is 365 g/mol. The van der Waals surface area contributed by atoms with Crippen molar-refractivity contribution in [2.75, 3.05) is 20.0 Å². The third-order valence-electron chi connectivity index (χ3n) is 3.84. The number of hydrogen-bond donors (Lipinski definition) is 0. The van der Waals surface area contributed by atoms with Crippen LogP contribution < -0.4 is 0 Å². The van der Waals surface area contributed by atoms with Gasteiger partial charge >= 0.3 is 0 Å². The first kappa shape index (κ1) is 21.4. The van der Waals surface area contributed by atoms with E-state index in [1.54, 1.807) is 0 Å². The van der Waals surface area contributed by atoms with Crippen LogP contribution in [0.1, 0.15) is 73.1 Å². The van der Waals surface area contributed by atoms with Gasteiger partial charge in [-0.25, -0.2) is 0 Å². The Morgan fingerprint density at radius 1 is 0.810 bits per heavy atom. The van der Waals surface area contributed by atoms with Crippen molar-refractivity contribution in [1.29, 1.82) is 0 Å². The SMILES string of the molecule is CCCOCOCCCC(C)CC(C)CC(C)CC(C)Br. The molecular weight excluding hydrogens is 328 g/mol. The van der Waals surface area contributed by atoms with Gasteiger partial charge in [-0.3, -0.25) is 0 Å². The molecule has 0 rings (SSSR count). The second-order valence-corrected chi connectivity index (χ2v) is 8.44. The van der Waals surface area contributed by atoms with Crippen molar-refractivity contribution in [3.63, 3.8) is 0 Å². The summed E-state index contributed by atoms with van der Waals surface area (Å²) in [4.78, 5) is 0.643. The number of hydrogen-bond acceptors (Lipinski definition) is 2. The minimum Gasteiger partial charge on any atom is -0.355 e. The number of rotatable bonds is 14. The fourth-order valence-electron chi connectivity index (χ4n) is 3.09. The van der Waals surface area contributed by atoms with Gasteiger partial charge < -0.3 is 9.47 Å². The summed E-state index contributed by atoms with van der Waals surface area (Å²) in [7, 11) is 0. The molecule has 0 saturated carbocycles. The summed E-state index contributed by atoms with van der Waals surface area (Å²) in [5.41, 5.74) is 0. The van der Waals surface area contributed by atoms with Crippen molar-refractivity contribution in [2.24, 2.45) is 17.8 Å². The van der Waals surface area contributed by atoms with E-state index in [1.807, 2.05) is 0 Å². The van der Waals surface area contributed by atoms with E-state index >= 15 is 0 Å². The molecule has 128 valence electrons. The Kier molecular flexibility index (Phi) is 14.3. The molecular formula is C18H37BrO2. The molecule has 0 saturated heterocycles. The highest BCUT2D eigenvalue weighted by Crippen LogP contribution is 2.25. The second-order valence-electron chi connectivity index (χ2n) is 6.88. The molecule has 4 unspecified atom stereocenters. The van der Waals surface area contributed by atoms with Gasteiger partial charge in [-0.1, -0.05) is 50.5 Å². The zero-order valence-corrected chi connectivity index (χ0v) is 16.5. The predicted octanol–water partition coefficient (Wildman–Crippen LogP) is 6.03. The van der Waals surface area contributed by atoms with Crippen LogP contribution >= 0.6 is 15.9 Å². The number of halogens is 1. The summed E-state index contributed by atoms with van der Waals surface area (Å²) in [6.45, 7) is 13.6. The molecule has 0 aliphatic carbocycles. The normalized spacial score (nSPS) is 17.4. The highest BCUT2D eigenvalue weighted by Gasteiger charge is 2.13. The van der Waals surface area contributed by atoms with Gasteiger partial charge in [0.25, 0.3) is 0 Å². The standard InChI is InChI=1S/C18H37BrO2/c1-6-9-20-14-21-10-7-8-15(2)11-16(3)12-17(4)13-18(5)19/h15-18H,6-14H2,1-5H3. The van der Waals surface area contributed by atoms with Crippen LogP contribution in [0, 0.1) is 17.8 Å². The van der Waals surface area contributed by atoms with Crippen LogP contribution in [0.2, 0.25) is 0 Å². The fraction of sp³-hybridized carbons (Fsp3) is 1.00. The summed E-state index contributed by atoms with van der Waals surface area (Å²) in [5.74, 6) is 2.45. The molecule has 0 fully saturated rings. The molecule has 0 aromatic carbocycles. The molecule has 0 radical (unpaired) electrons. The van der Waals surface area contributed by atoms with Crippen molar-refractivity contribution < 1.29 is 9.47 Å². The minimum atomic E-state index is 0.459. The fourth-order valence-corrected chi connectivity index (χ4v) is 3.73. The van der Waals surface area contributed by atoms with Crippen LogP contribution in [0.5, 0.6) is 0 Å². The molecule has 3 heteroatoms. The highest BCUT2D eigenvalue weighted by molar-refractivity contribution is 9.09. The molecule has 0 aromatic rings. The molecule has 2 nitrogen and oxygen atoms in total. The molecule has 0 heterocycles. The van der Waals surface area contributed by atoms with E-state index in [-0.39, 0.29) is 0 Å². The number of alkyl halides is 1. The Hall–Kier alpha value is 0.400. The van der Waals surface area contributed by atoms with E-state index < -0.39 is 0 Å². The number of ether oxygens (including phenoxy) is 2. The Balaban J connectivity index is 3.53. The second kappa shape index (κ2) is 14.0. The largest absolute Gasteiger partial charge is 0.355 e. The lowest BCUT2D eigenvalue weighted by molar-refractivity contribution is -0.0549. The first-order valence-corrected chi connectivity index (χ1v) is 9.66. The summed E-state index contributed by atoms with van der Waals surface area (Å²) in [5, 5.41) is 0. The molecule has 0 aliphatic heterocycles. The molecule has 0 amide bonds. The van der Waals surface area contributed by atoms with E-state index in [9.17, 15) is 0 Å². The van der Waals surface area contributed by atoms with E-state index in [4.69, 9.17) is 9.47 Å². The Morgan fingerprint density at radius 3 is 2.00 bits per heavy atom. The first-order valence-electron chi connectivity index (χ1n) is 8.75. The van der Waals surface area contributed by atoms with Crippen molar-refractivity contribution in [3.8, 4) is 0 Å². The Morgan fingerprint density at radius 2 is 1.38 bits per heavy atom. The zero-order chi connectivity index (χ0) is 16.1. The van der Waals surface area contributed by atoms with Crippen molar-refractivity contribution in [1.82, 2.24) is 0 Å². The predicted molar refractivity (Wildman–Crippen MR) is 96.0 cm³/mol. The van der Waals surface area contributed by atoms with Gasteiger partial charge in [0, 0.05) is 18.0 Å². The van der Waals surface area contributed by atoms with Crippen molar-refractivity contribution in [3.05, 3.63) is 0 Å². The molecule has 0 spiro atoms. The average Bonchev–Trinajstić information content (AvgIpc) is 2.36. The maximum absolute atomic E-state index is 5.47.